The minimum Gasteiger partial charge on any atom is -0.371 e. The monoisotopic (exact) mass is 364 g/mol. The van der Waals surface area contributed by atoms with Crippen LogP contribution in [0.3, 0.4) is 0 Å². The summed E-state index contributed by atoms with van der Waals surface area (Å²) in [5, 5.41) is 10.4. The Kier molecular flexibility index (Phi) is 5.47. The van der Waals surface area contributed by atoms with Gasteiger partial charge in [0.15, 0.2) is 5.78 Å². The lowest BCUT2D eigenvalue weighted by Crippen LogP contribution is -2.46. The minimum absolute atomic E-state index is 0.0902. The molecule has 116 valence electrons. The summed E-state index contributed by atoms with van der Waals surface area (Å²) in [6.45, 7) is 0. The molecule has 0 radical (unpaired) electrons. The number of benzene rings is 1. The molecule has 1 aromatic rings. The Morgan fingerprint density at radius 1 is 1.32 bits per heavy atom. The summed E-state index contributed by atoms with van der Waals surface area (Å²) < 4.78 is 10.8. The van der Waals surface area contributed by atoms with Gasteiger partial charge in [0.05, 0.1) is 4.48 Å². The van der Waals surface area contributed by atoms with E-state index >= 15 is 0 Å². The van der Waals surface area contributed by atoms with Gasteiger partial charge in [-0.3, -0.25) is 4.79 Å². The summed E-state index contributed by atoms with van der Waals surface area (Å²) in [6.07, 6.45) is 5.87. The fraction of sp³-hybridized carbons (Fsp3) is 0.235. The van der Waals surface area contributed by atoms with E-state index in [-0.39, 0.29) is 5.78 Å². The number of ether oxygens (including phenoxy) is 2. The largest absolute Gasteiger partial charge is 0.371 e. The molecule has 0 saturated heterocycles. The van der Waals surface area contributed by atoms with Gasteiger partial charge in [-0.1, -0.05) is 36.4 Å². The van der Waals surface area contributed by atoms with E-state index in [1.165, 1.54) is 20.3 Å². The van der Waals surface area contributed by atoms with Gasteiger partial charge in [0.1, 0.15) is 6.10 Å². The van der Waals surface area contributed by atoms with Crippen LogP contribution >= 0.6 is 15.9 Å². The number of hydrogen-bond acceptors (Lipinski definition) is 4. The van der Waals surface area contributed by atoms with Gasteiger partial charge in [-0.15, -0.1) is 0 Å². The van der Waals surface area contributed by atoms with Gasteiger partial charge >= 0.3 is 0 Å². The molecular formula is C17H17BrO4. The van der Waals surface area contributed by atoms with Gasteiger partial charge in [-0.2, -0.15) is 0 Å². The van der Waals surface area contributed by atoms with E-state index in [1.807, 2.05) is 18.2 Å². The second-order valence-electron chi connectivity index (χ2n) is 4.78. The highest BCUT2D eigenvalue weighted by Gasteiger charge is 2.41. The third-order valence-electron chi connectivity index (χ3n) is 3.42. The van der Waals surface area contributed by atoms with Crippen molar-refractivity contribution in [2.75, 3.05) is 14.2 Å². The Hall–Kier alpha value is -1.53. The topological polar surface area (TPSA) is 55.8 Å². The van der Waals surface area contributed by atoms with Gasteiger partial charge in [-0.05, 0) is 39.7 Å². The number of rotatable bonds is 5. The lowest BCUT2D eigenvalue weighted by molar-refractivity contribution is -0.205. The molecule has 0 heterocycles. The highest BCUT2D eigenvalue weighted by molar-refractivity contribution is 9.11. The molecule has 1 aliphatic carbocycles. The average Bonchev–Trinajstić information content (AvgIpc) is 2.56. The zero-order chi connectivity index (χ0) is 16.2. The SMILES string of the molecule is COC1C=C(C=CC(=O)c2ccccc2)C=C(Br)C1(O)OC. The highest BCUT2D eigenvalue weighted by Crippen LogP contribution is 2.35. The molecule has 4 nitrogen and oxygen atoms in total. The molecule has 2 unspecified atom stereocenters. The van der Waals surface area contributed by atoms with Crippen molar-refractivity contribution >= 4 is 21.7 Å². The van der Waals surface area contributed by atoms with E-state index < -0.39 is 11.9 Å². The van der Waals surface area contributed by atoms with Crippen LogP contribution in [0.5, 0.6) is 0 Å². The maximum Gasteiger partial charge on any atom is 0.229 e. The lowest BCUT2D eigenvalue weighted by Gasteiger charge is -2.34. The minimum atomic E-state index is -1.56. The Balaban J connectivity index is 2.20. The van der Waals surface area contributed by atoms with Crippen LogP contribution in [-0.2, 0) is 9.47 Å². The molecule has 0 aliphatic heterocycles. The van der Waals surface area contributed by atoms with Gasteiger partial charge in [0.25, 0.3) is 0 Å². The summed E-state index contributed by atoms with van der Waals surface area (Å²) in [5.41, 5.74) is 1.36. The van der Waals surface area contributed by atoms with E-state index in [0.29, 0.717) is 10.0 Å². The zero-order valence-electron chi connectivity index (χ0n) is 12.3. The van der Waals surface area contributed by atoms with Crippen molar-refractivity contribution in [1.82, 2.24) is 0 Å². The molecule has 0 spiro atoms. The second kappa shape index (κ2) is 7.15. The first kappa shape index (κ1) is 16.8. The molecule has 0 saturated carbocycles. The third-order valence-corrected chi connectivity index (χ3v) is 4.21. The Morgan fingerprint density at radius 2 is 2.00 bits per heavy atom. The first-order valence-electron chi connectivity index (χ1n) is 6.68. The van der Waals surface area contributed by atoms with Gasteiger partial charge in [-0.25, -0.2) is 0 Å². The van der Waals surface area contributed by atoms with Gasteiger partial charge in [0, 0.05) is 19.8 Å². The van der Waals surface area contributed by atoms with Crippen molar-refractivity contribution in [3.63, 3.8) is 0 Å². The number of halogens is 1. The molecular weight excluding hydrogens is 348 g/mol. The molecule has 5 heteroatoms. The van der Waals surface area contributed by atoms with Crippen LogP contribution in [0.2, 0.25) is 0 Å². The molecule has 22 heavy (non-hydrogen) atoms. The molecule has 1 N–H and O–H groups in total. The maximum atomic E-state index is 12.1. The number of carbonyl (C=O) groups is 1. The molecule has 0 aromatic heterocycles. The first-order valence-corrected chi connectivity index (χ1v) is 7.48. The normalized spacial score (nSPS) is 25.0. The number of methoxy groups -OCH3 is 2. The second-order valence-corrected chi connectivity index (χ2v) is 5.63. The summed E-state index contributed by atoms with van der Waals surface area (Å²) >= 11 is 3.29. The number of carbonyl (C=O) groups excluding carboxylic acids is 1. The number of allylic oxidation sites excluding steroid dienone is 4. The quantitative estimate of drug-likeness (QED) is 0.495. The summed E-state index contributed by atoms with van der Waals surface area (Å²) in [7, 11) is 2.88. The molecule has 0 fully saturated rings. The molecule has 1 aromatic carbocycles. The van der Waals surface area contributed by atoms with Gasteiger partial charge in [0.2, 0.25) is 5.79 Å². The number of ketones is 1. The van der Waals surface area contributed by atoms with E-state index in [1.54, 1.807) is 30.4 Å². The number of hydrogen-bond donors (Lipinski definition) is 1. The van der Waals surface area contributed by atoms with E-state index in [0.717, 1.165) is 5.57 Å². The molecule has 2 rings (SSSR count). The van der Waals surface area contributed by atoms with Crippen LogP contribution in [0.4, 0.5) is 0 Å². The fourth-order valence-electron chi connectivity index (χ4n) is 2.14. The van der Waals surface area contributed by atoms with Crippen LogP contribution in [0.15, 0.2) is 64.7 Å². The number of aliphatic hydroxyl groups is 1. The zero-order valence-corrected chi connectivity index (χ0v) is 13.9. The summed E-state index contributed by atoms with van der Waals surface area (Å²) in [5.74, 6) is -1.65. The van der Waals surface area contributed by atoms with Gasteiger partial charge < -0.3 is 14.6 Å². The average molecular weight is 365 g/mol. The van der Waals surface area contributed by atoms with Crippen LogP contribution in [0, 0.1) is 0 Å². The molecule has 0 bridgehead atoms. The predicted molar refractivity (Wildman–Crippen MR) is 87.8 cm³/mol. The molecule has 2 atom stereocenters. The third kappa shape index (κ3) is 3.44. The lowest BCUT2D eigenvalue weighted by atomic mass is 9.98. The smallest absolute Gasteiger partial charge is 0.229 e. The van der Waals surface area contributed by atoms with E-state index in [9.17, 15) is 9.90 Å². The summed E-state index contributed by atoms with van der Waals surface area (Å²) in [6, 6.07) is 9.01. The molecule has 1 aliphatic rings. The van der Waals surface area contributed by atoms with Crippen molar-refractivity contribution in [1.29, 1.82) is 0 Å². The first-order chi connectivity index (χ1) is 10.5. The Morgan fingerprint density at radius 3 is 2.59 bits per heavy atom. The highest BCUT2D eigenvalue weighted by atomic mass is 79.9. The van der Waals surface area contributed by atoms with Crippen molar-refractivity contribution in [2.24, 2.45) is 0 Å². The standard InChI is InChI=1S/C17H17BrO4/c1-21-16-11-12(10-15(18)17(16,20)22-2)8-9-14(19)13-6-4-3-5-7-13/h3-11,16,20H,1-2H3. The van der Waals surface area contributed by atoms with Crippen molar-refractivity contribution in [3.05, 3.63) is 70.3 Å². The fourth-order valence-corrected chi connectivity index (χ4v) is 2.79. The Bertz CT molecular complexity index is 633. The maximum absolute atomic E-state index is 12.1. The molecule has 0 amide bonds. The predicted octanol–water partition coefficient (Wildman–Crippen LogP) is 2.99. The van der Waals surface area contributed by atoms with Crippen LogP contribution < -0.4 is 0 Å². The Labute approximate surface area is 137 Å². The van der Waals surface area contributed by atoms with Crippen molar-refractivity contribution in [3.8, 4) is 0 Å². The summed E-state index contributed by atoms with van der Waals surface area (Å²) in [4.78, 5) is 12.1. The van der Waals surface area contributed by atoms with Crippen LogP contribution in [0.1, 0.15) is 10.4 Å². The van der Waals surface area contributed by atoms with Crippen molar-refractivity contribution in [2.45, 2.75) is 11.9 Å². The van der Waals surface area contributed by atoms with Crippen LogP contribution in [0.25, 0.3) is 0 Å². The van der Waals surface area contributed by atoms with E-state index in [2.05, 4.69) is 15.9 Å². The van der Waals surface area contributed by atoms with Crippen LogP contribution in [-0.4, -0.2) is 37.0 Å². The van der Waals surface area contributed by atoms with E-state index in [4.69, 9.17) is 9.47 Å². The van der Waals surface area contributed by atoms with Crippen molar-refractivity contribution < 1.29 is 19.4 Å².